The van der Waals surface area contributed by atoms with Crippen molar-refractivity contribution in [1.82, 2.24) is 0 Å². The second-order valence-corrected chi connectivity index (χ2v) is 3.28. The Hall–Kier alpha value is -1.04. The second kappa shape index (κ2) is 3.84. The fourth-order valence-corrected chi connectivity index (χ4v) is 1.63. The average molecular weight is 215 g/mol. The molecule has 15 heavy (non-hydrogen) atoms. The van der Waals surface area contributed by atoms with Crippen LogP contribution < -0.4 is 5.73 Å². The van der Waals surface area contributed by atoms with Crippen molar-refractivity contribution in [2.75, 3.05) is 19.8 Å². The largest absolute Gasteiger partial charge is 0.342 e. The van der Waals surface area contributed by atoms with E-state index >= 15 is 0 Å². The van der Waals surface area contributed by atoms with Crippen LogP contribution in [0.2, 0.25) is 0 Å². The maximum absolute atomic E-state index is 13.5. The fraction of sp³-hybridized carbons (Fsp3) is 0.400. The predicted octanol–water partition coefficient (Wildman–Crippen LogP) is 1.12. The molecule has 0 saturated carbocycles. The monoisotopic (exact) mass is 215 g/mol. The Morgan fingerprint density at radius 1 is 1.27 bits per heavy atom. The molecule has 0 amide bonds. The summed E-state index contributed by atoms with van der Waals surface area (Å²) in [5, 5.41) is 0. The Morgan fingerprint density at radius 2 is 1.93 bits per heavy atom. The van der Waals surface area contributed by atoms with Gasteiger partial charge in [-0.3, -0.25) is 0 Å². The van der Waals surface area contributed by atoms with E-state index in [4.69, 9.17) is 15.2 Å². The first-order valence-electron chi connectivity index (χ1n) is 4.61. The van der Waals surface area contributed by atoms with Crippen LogP contribution in [0.5, 0.6) is 0 Å². The van der Waals surface area contributed by atoms with Gasteiger partial charge in [0.2, 0.25) is 5.79 Å². The normalized spacial score (nSPS) is 19.4. The van der Waals surface area contributed by atoms with Crippen LogP contribution in [0.3, 0.4) is 0 Å². The predicted molar refractivity (Wildman–Crippen MR) is 49.0 cm³/mol. The van der Waals surface area contributed by atoms with Gasteiger partial charge >= 0.3 is 0 Å². The summed E-state index contributed by atoms with van der Waals surface area (Å²) in [5.41, 5.74) is 5.50. The topological polar surface area (TPSA) is 44.5 Å². The Balaban J connectivity index is 2.46. The van der Waals surface area contributed by atoms with Gasteiger partial charge in [-0.1, -0.05) is 0 Å². The maximum atomic E-state index is 13.5. The minimum atomic E-state index is -1.33. The second-order valence-electron chi connectivity index (χ2n) is 3.28. The molecule has 1 aliphatic heterocycles. The van der Waals surface area contributed by atoms with E-state index in [9.17, 15) is 8.78 Å². The first-order valence-corrected chi connectivity index (χ1v) is 4.61. The molecule has 82 valence electrons. The number of ether oxygens (including phenoxy) is 2. The van der Waals surface area contributed by atoms with Crippen LogP contribution in [-0.4, -0.2) is 19.8 Å². The summed E-state index contributed by atoms with van der Waals surface area (Å²) in [6.07, 6.45) is 0. The van der Waals surface area contributed by atoms with Gasteiger partial charge in [-0.05, 0) is 18.2 Å². The van der Waals surface area contributed by atoms with E-state index in [0.29, 0.717) is 13.2 Å². The lowest BCUT2D eigenvalue weighted by atomic mass is 10.1. The van der Waals surface area contributed by atoms with E-state index < -0.39 is 17.4 Å². The van der Waals surface area contributed by atoms with Gasteiger partial charge in [-0.15, -0.1) is 0 Å². The molecule has 2 rings (SSSR count). The zero-order valence-electron chi connectivity index (χ0n) is 8.00. The maximum Gasteiger partial charge on any atom is 0.210 e. The minimum absolute atomic E-state index is 0.0162. The molecule has 0 atom stereocenters. The van der Waals surface area contributed by atoms with Crippen molar-refractivity contribution in [3.05, 3.63) is 35.4 Å². The SMILES string of the molecule is NCC1(c2cc(F)ccc2F)OCCO1. The van der Waals surface area contributed by atoms with Crippen molar-refractivity contribution in [3.8, 4) is 0 Å². The molecular formula is C10H11F2NO2. The standard InChI is InChI=1S/C10H11F2NO2/c11-7-1-2-9(12)8(5-7)10(6-13)14-3-4-15-10/h1-2,5H,3-4,6,13H2. The molecule has 0 spiro atoms. The van der Waals surface area contributed by atoms with Crippen molar-refractivity contribution < 1.29 is 18.3 Å². The van der Waals surface area contributed by atoms with E-state index in [2.05, 4.69) is 0 Å². The third-order valence-corrected chi connectivity index (χ3v) is 2.36. The molecule has 1 aliphatic rings. The van der Waals surface area contributed by atoms with Crippen LogP contribution >= 0.6 is 0 Å². The van der Waals surface area contributed by atoms with Crippen molar-refractivity contribution in [2.24, 2.45) is 5.73 Å². The third kappa shape index (κ3) is 1.73. The van der Waals surface area contributed by atoms with Crippen molar-refractivity contribution in [1.29, 1.82) is 0 Å². The smallest absolute Gasteiger partial charge is 0.210 e. The van der Waals surface area contributed by atoms with Gasteiger partial charge in [-0.25, -0.2) is 8.78 Å². The zero-order chi connectivity index (χ0) is 10.9. The van der Waals surface area contributed by atoms with E-state index in [0.717, 1.165) is 18.2 Å². The summed E-state index contributed by atoms with van der Waals surface area (Å²) in [5.74, 6) is -2.45. The molecule has 0 aromatic heterocycles. The lowest BCUT2D eigenvalue weighted by Crippen LogP contribution is -2.37. The van der Waals surface area contributed by atoms with Gasteiger partial charge in [0.25, 0.3) is 0 Å². The number of nitrogens with two attached hydrogens (primary N) is 1. The number of rotatable bonds is 2. The Bertz CT molecular complexity index is 364. The van der Waals surface area contributed by atoms with Crippen LogP contribution in [0.4, 0.5) is 8.78 Å². The van der Waals surface area contributed by atoms with Crippen molar-refractivity contribution in [3.63, 3.8) is 0 Å². The molecule has 0 bridgehead atoms. The highest BCUT2D eigenvalue weighted by molar-refractivity contribution is 5.24. The molecule has 1 saturated heterocycles. The fourth-order valence-electron chi connectivity index (χ4n) is 1.63. The molecule has 5 heteroatoms. The number of hydrogen-bond acceptors (Lipinski definition) is 3. The third-order valence-electron chi connectivity index (χ3n) is 2.36. The summed E-state index contributed by atoms with van der Waals surface area (Å²) in [4.78, 5) is 0. The number of hydrogen-bond donors (Lipinski definition) is 1. The van der Waals surface area contributed by atoms with E-state index in [1.165, 1.54) is 0 Å². The highest BCUT2D eigenvalue weighted by atomic mass is 19.1. The molecule has 3 nitrogen and oxygen atoms in total. The van der Waals surface area contributed by atoms with Crippen LogP contribution in [0.25, 0.3) is 0 Å². The molecule has 1 aromatic rings. The Kier molecular flexibility index (Phi) is 2.68. The van der Waals surface area contributed by atoms with Gasteiger partial charge in [0, 0.05) is 0 Å². The van der Waals surface area contributed by atoms with Crippen LogP contribution in [0.1, 0.15) is 5.56 Å². The molecule has 1 aromatic carbocycles. The van der Waals surface area contributed by atoms with Crippen LogP contribution in [-0.2, 0) is 15.3 Å². The van der Waals surface area contributed by atoms with Gasteiger partial charge in [0.05, 0.1) is 25.3 Å². The van der Waals surface area contributed by atoms with E-state index in [-0.39, 0.29) is 12.1 Å². The van der Waals surface area contributed by atoms with E-state index in [1.54, 1.807) is 0 Å². The first kappa shape index (κ1) is 10.5. The summed E-state index contributed by atoms with van der Waals surface area (Å²) in [6, 6.07) is 3.12. The molecule has 0 aliphatic carbocycles. The molecule has 0 unspecified atom stereocenters. The molecular weight excluding hydrogens is 204 g/mol. The van der Waals surface area contributed by atoms with Gasteiger partial charge in [0.15, 0.2) is 0 Å². The molecule has 1 fully saturated rings. The molecule has 1 heterocycles. The number of halogens is 2. The van der Waals surface area contributed by atoms with Crippen molar-refractivity contribution in [2.45, 2.75) is 5.79 Å². The summed E-state index contributed by atoms with van der Waals surface area (Å²) in [6.45, 7) is 0.605. The quantitative estimate of drug-likeness (QED) is 0.804. The average Bonchev–Trinajstić information content (AvgIpc) is 2.71. The summed E-state index contributed by atoms with van der Waals surface area (Å²) in [7, 11) is 0. The van der Waals surface area contributed by atoms with Gasteiger partial charge in [-0.2, -0.15) is 0 Å². The van der Waals surface area contributed by atoms with Gasteiger partial charge in [0.1, 0.15) is 11.6 Å². The van der Waals surface area contributed by atoms with Gasteiger partial charge < -0.3 is 15.2 Å². The Labute approximate surface area is 85.8 Å². The molecule has 0 radical (unpaired) electrons. The van der Waals surface area contributed by atoms with Crippen LogP contribution in [0.15, 0.2) is 18.2 Å². The first-order chi connectivity index (χ1) is 7.18. The molecule has 2 N–H and O–H groups in total. The minimum Gasteiger partial charge on any atom is -0.342 e. The zero-order valence-corrected chi connectivity index (χ0v) is 8.00. The number of benzene rings is 1. The Morgan fingerprint density at radius 3 is 2.53 bits per heavy atom. The van der Waals surface area contributed by atoms with Crippen molar-refractivity contribution >= 4 is 0 Å². The highest BCUT2D eigenvalue weighted by Gasteiger charge is 2.39. The summed E-state index contributed by atoms with van der Waals surface area (Å²) < 4.78 is 37.0. The van der Waals surface area contributed by atoms with Crippen LogP contribution in [0, 0.1) is 11.6 Å². The highest BCUT2D eigenvalue weighted by Crippen LogP contribution is 2.32. The lowest BCUT2D eigenvalue weighted by molar-refractivity contribution is -0.159. The van der Waals surface area contributed by atoms with E-state index in [1.807, 2.05) is 0 Å². The lowest BCUT2D eigenvalue weighted by Gasteiger charge is -2.26. The summed E-state index contributed by atoms with van der Waals surface area (Å²) >= 11 is 0.